The molecule has 1 aliphatic heterocycles. The quantitative estimate of drug-likeness (QED) is 0.216. The van der Waals surface area contributed by atoms with E-state index in [1.807, 2.05) is 111 Å². The maximum atomic E-state index is 13.8. The summed E-state index contributed by atoms with van der Waals surface area (Å²) >= 11 is 1.41. The molecule has 4 aromatic rings. The van der Waals surface area contributed by atoms with E-state index in [9.17, 15) is 4.79 Å². The minimum Gasteiger partial charge on any atom is -0.494 e. The third-order valence-corrected chi connectivity index (χ3v) is 7.24. The molecule has 38 heavy (non-hydrogen) atoms. The van der Waals surface area contributed by atoms with Gasteiger partial charge in [-0.05, 0) is 71.8 Å². The molecule has 5 nitrogen and oxygen atoms in total. The highest BCUT2D eigenvalue weighted by Crippen LogP contribution is 2.38. The minimum atomic E-state index is -0.0638. The van der Waals surface area contributed by atoms with Gasteiger partial charge < -0.3 is 9.47 Å². The highest BCUT2D eigenvalue weighted by atomic mass is 32.2. The lowest BCUT2D eigenvalue weighted by atomic mass is 10.0. The Labute approximate surface area is 227 Å². The lowest BCUT2D eigenvalue weighted by Crippen LogP contribution is -2.28. The fourth-order valence-corrected chi connectivity index (χ4v) is 5.35. The Morgan fingerprint density at radius 1 is 0.842 bits per heavy atom. The molecule has 1 fully saturated rings. The highest BCUT2D eigenvalue weighted by Gasteiger charge is 2.33. The predicted octanol–water partition coefficient (Wildman–Crippen LogP) is 7.31. The molecule has 1 aliphatic rings. The van der Waals surface area contributed by atoms with Gasteiger partial charge in [0.05, 0.1) is 31.2 Å². The number of aliphatic imine (C=N–C) groups is 1. The van der Waals surface area contributed by atoms with Crippen LogP contribution < -0.4 is 9.47 Å². The first kappa shape index (κ1) is 25.6. The summed E-state index contributed by atoms with van der Waals surface area (Å²) in [5.74, 6) is 1.46. The number of carbonyl (C=O) groups excluding carboxylic acids is 1. The number of fused-ring (bicyclic) bond motifs is 1. The number of ether oxygens (including phenoxy) is 2. The normalized spacial score (nSPS) is 15.5. The van der Waals surface area contributed by atoms with Gasteiger partial charge in [-0.3, -0.25) is 14.7 Å². The van der Waals surface area contributed by atoms with Gasteiger partial charge in [0.1, 0.15) is 11.5 Å². The summed E-state index contributed by atoms with van der Waals surface area (Å²) in [4.78, 5) is 21.1. The average molecular weight is 523 g/mol. The van der Waals surface area contributed by atoms with Gasteiger partial charge in [-0.2, -0.15) is 0 Å². The number of amides is 1. The summed E-state index contributed by atoms with van der Waals surface area (Å²) in [5.41, 5.74) is 3.02. The van der Waals surface area contributed by atoms with Gasteiger partial charge in [0.15, 0.2) is 5.17 Å². The number of benzene rings is 4. The Hall–Kier alpha value is -4.03. The number of amidine groups is 1. The second-order valence-corrected chi connectivity index (χ2v) is 9.81. The largest absolute Gasteiger partial charge is 0.494 e. The van der Waals surface area contributed by atoms with Crippen molar-refractivity contribution >= 4 is 39.7 Å². The molecule has 1 saturated heterocycles. The van der Waals surface area contributed by atoms with Crippen molar-refractivity contribution in [2.24, 2.45) is 4.99 Å². The molecule has 0 spiro atoms. The number of carbonyl (C=O) groups is 1. The Balaban J connectivity index is 1.57. The van der Waals surface area contributed by atoms with Crippen LogP contribution in [0.15, 0.2) is 101 Å². The van der Waals surface area contributed by atoms with E-state index in [1.54, 1.807) is 4.90 Å². The van der Waals surface area contributed by atoms with Crippen molar-refractivity contribution in [1.82, 2.24) is 4.90 Å². The lowest BCUT2D eigenvalue weighted by molar-refractivity contribution is -0.122. The van der Waals surface area contributed by atoms with Gasteiger partial charge >= 0.3 is 0 Å². The molecule has 0 atom stereocenters. The number of hydrogen-bond acceptors (Lipinski definition) is 5. The zero-order valence-electron chi connectivity index (χ0n) is 21.6. The van der Waals surface area contributed by atoms with Gasteiger partial charge in [0, 0.05) is 5.56 Å². The molecule has 0 aliphatic carbocycles. The molecule has 0 unspecified atom stereocenters. The Kier molecular flexibility index (Phi) is 8.09. The van der Waals surface area contributed by atoms with E-state index in [2.05, 4.69) is 0 Å². The zero-order chi connectivity index (χ0) is 26.3. The van der Waals surface area contributed by atoms with Gasteiger partial charge in [-0.15, -0.1) is 0 Å². The molecule has 0 aromatic heterocycles. The minimum absolute atomic E-state index is 0.0638. The van der Waals surface area contributed by atoms with E-state index in [4.69, 9.17) is 14.5 Å². The van der Waals surface area contributed by atoms with Crippen LogP contribution in [0.5, 0.6) is 11.5 Å². The van der Waals surface area contributed by atoms with Crippen LogP contribution >= 0.6 is 11.8 Å². The van der Waals surface area contributed by atoms with E-state index in [0.717, 1.165) is 39.0 Å². The van der Waals surface area contributed by atoms with E-state index in [-0.39, 0.29) is 5.91 Å². The van der Waals surface area contributed by atoms with E-state index in [1.165, 1.54) is 11.8 Å². The van der Waals surface area contributed by atoms with Crippen LogP contribution in [0.3, 0.4) is 0 Å². The van der Waals surface area contributed by atoms with Gasteiger partial charge in [-0.25, -0.2) is 0 Å². The van der Waals surface area contributed by atoms with Crippen LogP contribution in [0.1, 0.15) is 30.5 Å². The molecule has 0 N–H and O–H groups in total. The predicted molar refractivity (Wildman–Crippen MR) is 156 cm³/mol. The van der Waals surface area contributed by atoms with Gasteiger partial charge in [0.25, 0.3) is 5.91 Å². The monoisotopic (exact) mass is 522 g/mol. The molecular formula is C32H30N2O3S. The van der Waals surface area contributed by atoms with Crippen LogP contribution in [0, 0.1) is 0 Å². The van der Waals surface area contributed by atoms with Crippen LogP contribution in [0.4, 0.5) is 0 Å². The molecule has 1 heterocycles. The molecule has 0 bridgehead atoms. The van der Waals surface area contributed by atoms with Crippen LogP contribution in [0.25, 0.3) is 16.8 Å². The third-order valence-electron chi connectivity index (χ3n) is 6.19. The smallest absolute Gasteiger partial charge is 0.267 e. The zero-order valence-corrected chi connectivity index (χ0v) is 22.4. The highest BCUT2D eigenvalue weighted by molar-refractivity contribution is 8.18. The van der Waals surface area contributed by atoms with Gasteiger partial charge in [0.2, 0.25) is 0 Å². The summed E-state index contributed by atoms with van der Waals surface area (Å²) < 4.78 is 11.8. The Morgan fingerprint density at radius 3 is 2.24 bits per heavy atom. The second kappa shape index (κ2) is 12.0. The lowest BCUT2D eigenvalue weighted by Gasteiger charge is -2.16. The van der Waals surface area contributed by atoms with Crippen molar-refractivity contribution in [2.75, 3.05) is 13.2 Å². The maximum absolute atomic E-state index is 13.8. The van der Waals surface area contributed by atoms with E-state index in [0.29, 0.717) is 36.4 Å². The van der Waals surface area contributed by atoms with Crippen LogP contribution in [0.2, 0.25) is 0 Å². The second-order valence-electron chi connectivity index (χ2n) is 8.80. The fraction of sp³-hybridized carbons (Fsp3) is 0.188. The molecule has 0 radical (unpaired) electrons. The number of nitrogens with zero attached hydrogens (tertiary/aromatic N) is 2. The maximum Gasteiger partial charge on any atom is 0.267 e. The van der Waals surface area contributed by atoms with Crippen molar-refractivity contribution in [3.8, 4) is 11.5 Å². The molecule has 5 rings (SSSR count). The summed E-state index contributed by atoms with van der Waals surface area (Å²) in [6.07, 6.45) is 1.94. The van der Waals surface area contributed by atoms with Crippen LogP contribution in [-0.2, 0) is 17.9 Å². The third kappa shape index (κ3) is 5.76. The first-order valence-electron chi connectivity index (χ1n) is 12.8. The summed E-state index contributed by atoms with van der Waals surface area (Å²) in [5, 5.41) is 2.73. The molecule has 4 aromatic carbocycles. The standard InChI is InChI=1S/C32H30N2O3S/c1-3-36-26-17-15-25-16-18-29(37-4-2)28(27(25)19-26)20-30-31(35)34(22-24-13-9-6-10-14-24)32(38-30)33-21-23-11-7-5-8-12-23/h5-20H,3-4,21-22H2,1-2H3/b30-20-,33-32?. The van der Waals surface area contributed by atoms with Crippen molar-refractivity contribution in [1.29, 1.82) is 0 Å². The van der Waals surface area contributed by atoms with E-state index >= 15 is 0 Å². The van der Waals surface area contributed by atoms with E-state index < -0.39 is 0 Å². The summed E-state index contributed by atoms with van der Waals surface area (Å²) in [7, 11) is 0. The molecule has 192 valence electrons. The Morgan fingerprint density at radius 2 is 1.53 bits per heavy atom. The topological polar surface area (TPSA) is 51.1 Å². The number of thioether (sulfide) groups is 1. The molecule has 0 saturated carbocycles. The Bertz CT molecular complexity index is 1480. The van der Waals surface area contributed by atoms with Crippen molar-refractivity contribution < 1.29 is 14.3 Å². The fourth-order valence-electron chi connectivity index (χ4n) is 4.39. The molecule has 1 amide bonds. The summed E-state index contributed by atoms with van der Waals surface area (Å²) in [6.45, 7) is 6.00. The van der Waals surface area contributed by atoms with Crippen molar-refractivity contribution in [3.63, 3.8) is 0 Å². The van der Waals surface area contributed by atoms with Crippen molar-refractivity contribution in [3.05, 3.63) is 113 Å². The summed E-state index contributed by atoms with van der Waals surface area (Å²) in [6, 6.07) is 30.1. The van der Waals surface area contributed by atoms with Gasteiger partial charge in [-0.1, -0.05) is 72.8 Å². The first-order chi connectivity index (χ1) is 18.7. The number of rotatable bonds is 9. The molecule has 6 heteroatoms. The van der Waals surface area contributed by atoms with Crippen molar-refractivity contribution in [2.45, 2.75) is 26.9 Å². The van der Waals surface area contributed by atoms with Crippen LogP contribution in [-0.4, -0.2) is 29.2 Å². The number of hydrogen-bond donors (Lipinski definition) is 0. The average Bonchev–Trinajstić information content (AvgIpc) is 3.24. The molecular weight excluding hydrogens is 492 g/mol. The first-order valence-corrected chi connectivity index (χ1v) is 13.6. The SMILES string of the molecule is CCOc1ccc2ccc(OCC)c(/C=C3\SC(=NCc4ccccc4)N(Cc4ccccc4)C3=O)c2c1.